The van der Waals surface area contributed by atoms with Crippen LogP contribution in [-0.2, 0) is 6.54 Å². The van der Waals surface area contributed by atoms with Crippen LogP contribution in [0, 0.1) is 0 Å². The van der Waals surface area contributed by atoms with Crippen molar-refractivity contribution in [3.05, 3.63) is 16.6 Å². The number of aromatic nitrogens is 1. The number of hydrogen-bond donors (Lipinski definition) is 1. The van der Waals surface area contributed by atoms with E-state index >= 15 is 0 Å². The predicted octanol–water partition coefficient (Wildman–Crippen LogP) is 2.50. The molecule has 1 aliphatic heterocycles. The summed E-state index contributed by atoms with van der Waals surface area (Å²) < 4.78 is 0. The van der Waals surface area contributed by atoms with E-state index in [1.54, 1.807) is 11.3 Å². The molecule has 1 unspecified atom stereocenters. The van der Waals surface area contributed by atoms with Crippen molar-refractivity contribution in [3.8, 4) is 0 Å². The van der Waals surface area contributed by atoms with Gasteiger partial charge in [-0.2, -0.15) is 0 Å². The summed E-state index contributed by atoms with van der Waals surface area (Å²) in [7, 11) is 0. The molecule has 0 bridgehead atoms. The SMILES string of the molecule is CCC1CCSC(=NCc2nccs2)N1. The highest BCUT2D eigenvalue weighted by atomic mass is 32.2. The fraction of sp³-hybridized carbons (Fsp3) is 0.600. The van der Waals surface area contributed by atoms with Crippen molar-refractivity contribution in [1.82, 2.24) is 10.3 Å². The zero-order valence-electron chi connectivity index (χ0n) is 8.77. The normalized spacial score (nSPS) is 24.1. The molecule has 1 aromatic heterocycles. The molecule has 82 valence electrons. The number of aliphatic imine (C=N–C) groups is 1. The summed E-state index contributed by atoms with van der Waals surface area (Å²) >= 11 is 3.48. The zero-order chi connectivity index (χ0) is 10.5. The third kappa shape index (κ3) is 3.21. The number of rotatable bonds is 3. The van der Waals surface area contributed by atoms with E-state index in [0.29, 0.717) is 12.6 Å². The van der Waals surface area contributed by atoms with Gasteiger partial charge in [0, 0.05) is 23.4 Å². The second-order valence-corrected chi connectivity index (χ2v) is 5.50. The summed E-state index contributed by atoms with van der Waals surface area (Å²) in [5.41, 5.74) is 0. The minimum Gasteiger partial charge on any atom is -0.362 e. The zero-order valence-corrected chi connectivity index (χ0v) is 10.4. The Labute approximate surface area is 98.4 Å². The lowest BCUT2D eigenvalue weighted by Crippen LogP contribution is -2.37. The topological polar surface area (TPSA) is 37.3 Å². The highest BCUT2D eigenvalue weighted by Gasteiger charge is 2.15. The highest BCUT2D eigenvalue weighted by Crippen LogP contribution is 2.16. The van der Waals surface area contributed by atoms with Crippen LogP contribution in [0.25, 0.3) is 0 Å². The van der Waals surface area contributed by atoms with Crippen LogP contribution >= 0.6 is 23.1 Å². The summed E-state index contributed by atoms with van der Waals surface area (Å²) in [4.78, 5) is 8.75. The molecule has 1 aromatic rings. The average molecular weight is 241 g/mol. The van der Waals surface area contributed by atoms with Crippen molar-refractivity contribution in [2.45, 2.75) is 32.4 Å². The van der Waals surface area contributed by atoms with Gasteiger partial charge in [0.25, 0.3) is 0 Å². The van der Waals surface area contributed by atoms with Crippen LogP contribution in [0.5, 0.6) is 0 Å². The maximum Gasteiger partial charge on any atom is 0.157 e. The standard InChI is InChI=1S/C10H15N3S2/c1-2-8-3-5-15-10(13-8)12-7-9-11-4-6-14-9/h4,6,8H,2-3,5,7H2,1H3,(H,12,13). The van der Waals surface area contributed by atoms with E-state index in [1.807, 2.05) is 23.3 Å². The van der Waals surface area contributed by atoms with Gasteiger partial charge in [-0.1, -0.05) is 18.7 Å². The van der Waals surface area contributed by atoms with Crippen molar-refractivity contribution in [2.24, 2.45) is 4.99 Å². The van der Waals surface area contributed by atoms with Gasteiger partial charge < -0.3 is 5.32 Å². The van der Waals surface area contributed by atoms with E-state index in [-0.39, 0.29) is 0 Å². The van der Waals surface area contributed by atoms with Crippen molar-refractivity contribution < 1.29 is 0 Å². The van der Waals surface area contributed by atoms with Crippen molar-refractivity contribution in [1.29, 1.82) is 0 Å². The number of thiazole rings is 1. The highest BCUT2D eigenvalue weighted by molar-refractivity contribution is 8.13. The molecule has 0 spiro atoms. The van der Waals surface area contributed by atoms with Gasteiger partial charge in [0.1, 0.15) is 5.01 Å². The average Bonchev–Trinajstić information content (AvgIpc) is 2.79. The molecule has 0 amide bonds. The predicted molar refractivity (Wildman–Crippen MR) is 67.5 cm³/mol. The second kappa shape index (κ2) is 5.51. The minimum atomic E-state index is 0.612. The Morgan fingerprint density at radius 3 is 3.33 bits per heavy atom. The summed E-state index contributed by atoms with van der Waals surface area (Å²) in [5, 5.41) is 7.62. The molecule has 2 rings (SSSR count). The minimum absolute atomic E-state index is 0.612. The summed E-state index contributed by atoms with van der Waals surface area (Å²) in [5.74, 6) is 1.18. The second-order valence-electron chi connectivity index (χ2n) is 3.43. The lowest BCUT2D eigenvalue weighted by atomic mass is 10.2. The van der Waals surface area contributed by atoms with Crippen LogP contribution in [0.3, 0.4) is 0 Å². The van der Waals surface area contributed by atoms with Gasteiger partial charge in [-0.05, 0) is 12.8 Å². The Bertz CT molecular complexity index is 321. The maximum absolute atomic E-state index is 4.54. The van der Waals surface area contributed by atoms with E-state index in [0.717, 1.165) is 10.2 Å². The lowest BCUT2D eigenvalue weighted by Gasteiger charge is -2.24. The lowest BCUT2D eigenvalue weighted by molar-refractivity contribution is 0.570. The first-order valence-electron chi connectivity index (χ1n) is 5.20. The Hall–Kier alpha value is -0.550. The van der Waals surface area contributed by atoms with E-state index < -0.39 is 0 Å². The fourth-order valence-electron chi connectivity index (χ4n) is 1.45. The van der Waals surface area contributed by atoms with Crippen molar-refractivity contribution >= 4 is 28.3 Å². The number of nitrogens with one attached hydrogen (secondary N) is 1. The van der Waals surface area contributed by atoms with Gasteiger partial charge in [-0.3, -0.25) is 4.99 Å². The summed E-state index contributed by atoms with van der Waals surface area (Å²) in [6.07, 6.45) is 4.25. The molecule has 0 radical (unpaired) electrons. The molecule has 1 aliphatic rings. The first-order valence-corrected chi connectivity index (χ1v) is 7.07. The van der Waals surface area contributed by atoms with E-state index in [1.165, 1.54) is 18.6 Å². The third-order valence-corrected chi connectivity index (χ3v) is 4.09. The summed E-state index contributed by atoms with van der Waals surface area (Å²) in [6.45, 7) is 2.93. The van der Waals surface area contributed by atoms with Gasteiger partial charge in [0.15, 0.2) is 5.17 Å². The molecule has 0 aromatic carbocycles. The molecule has 1 N–H and O–H groups in total. The monoisotopic (exact) mass is 241 g/mol. The van der Waals surface area contributed by atoms with E-state index in [2.05, 4.69) is 22.2 Å². The van der Waals surface area contributed by atoms with E-state index in [9.17, 15) is 0 Å². The van der Waals surface area contributed by atoms with Gasteiger partial charge in [-0.25, -0.2) is 4.98 Å². The van der Waals surface area contributed by atoms with Crippen LogP contribution in [0.2, 0.25) is 0 Å². The first-order chi connectivity index (χ1) is 7.38. The molecule has 0 aliphatic carbocycles. The number of nitrogens with zero attached hydrogens (tertiary/aromatic N) is 2. The molecule has 1 fully saturated rings. The fourth-order valence-corrected chi connectivity index (χ4v) is 3.00. The molecule has 1 saturated heterocycles. The van der Waals surface area contributed by atoms with Crippen molar-refractivity contribution in [3.63, 3.8) is 0 Å². The Kier molecular flexibility index (Phi) is 4.02. The quantitative estimate of drug-likeness (QED) is 0.883. The van der Waals surface area contributed by atoms with Gasteiger partial charge >= 0.3 is 0 Å². The van der Waals surface area contributed by atoms with Crippen LogP contribution in [0.4, 0.5) is 0 Å². The van der Waals surface area contributed by atoms with Crippen LogP contribution in [0.1, 0.15) is 24.8 Å². The Balaban J connectivity index is 1.89. The van der Waals surface area contributed by atoms with Crippen molar-refractivity contribution in [2.75, 3.05) is 5.75 Å². The summed E-state index contributed by atoms with van der Waals surface area (Å²) in [6, 6.07) is 0.612. The van der Waals surface area contributed by atoms with Gasteiger partial charge in [0.2, 0.25) is 0 Å². The molecule has 15 heavy (non-hydrogen) atoms. The molecule has 3 nitrogen and oxygen atoms in total. The van der Waals surface area contributed by atoms with Crippen LogP contribution in [0.15, 0.2) is 16.6 Å². The molecule has 5 heteroatoms. The van der Waals surface area contributed by atoms with E-state index in [4.69, 9.17) is 0 Å². The largest absolute Gasteiger partial charge is 0.362 e. The smallest absolute Gasteiger partial charge is 0.157 e. The molecule has 1 atom stereocenters. The van der Waals surface area contributed by atoms with Gasteiger partial charge in [0.05, 0.1) is 6.54 Å². The van der Waals surface area contributed by atoms with Crippen LogP contribution < -0.4 is 5.32 Å². The molecular formula is C10H15N3S2. The Morgan fingerprint density at radius 1 is 1.67 bits per heavy atom. The number of amidine groups is 1. The van der Waals surface area contributed by atoms with Crippen LogP contribution in [-0.4, -0.2) is 21.9 Å². The number of thioether (sulfide) groups is 1. The first kappa shape index (κ1) is 11.0. The Morgan fingerprint density at radius 2 is 2.60 bits per heavy atom. The third-order valence-electron chi connectivity index (χ3n) is 2.37. The van der Waals surface area contributed by atoms with Gasteiger partial charge in [-0.15, -0.1) is 11.3 Å². The molecule has 0 saturated carbocycles. The molecular weight excluding hydrogens is 226 g/mol. The maximum atomic E-state index is 4.54. The number of hydrogen-bond acceptors (Lipinski definition) is 4. The molecule has 2 heterocycles.